The maximum Gasteiger partial charge on any atom is 0.0993 e. The van der Waals surface area contributed by atoms with Crippen molar-refractivity contribution in [3.05, 3.63) is 81.8 Å². The van der Waals surface area contributed by atoms with Crippen LogP contribution in [0.5, 0.6) is 0 Å². The first-order valence-electron chi connectivity index (χ1n) is 11.2. The van der Waals surface area contributed by atoms with E-state index in [-0.39, 0.29) is 0 Å². The fraction of sp³-hybridized carbons (Fsp3) is 0.0714. The van der Waals surface area contributed by atoms with Gasteiger partial charge in [0.15, 0.2) is 0 Å². The first-order valence-corrected chi connectivity index (χ1v) is 13.7. The van der Waals surface area contributed by atoms with Gasteiger partial charge < -0.3 is 11.7 Å². The molecule has 0 fully saturated rings. The van der Waals surface area contributed by atoms with Crippen molar-refractivity contribution in [1.29, 1.82) is 0 Å². The minimum Gasteiger partial charge on any atom is -0.323 e. The number of fused-ring (bicyclic) bond motifs is 6. The lowest BCUT2D eigenvalue weighted by molar-refractivity contribution is 1.17. The number of benzene rings is 2. The molecular weight excluding hydrogens is 489 g/mol. The lowest BCUT2D eigenvalue weighted by Gasteiger charge is -1.98. The van der Waals surface area contributed by atoms with Gasteiger partial charge in [-0.3, -0.25) is 0 Å². The van der Waals surface area contributed by atoms with Crippen LogP contribution in [0.4, 0.5) is 0 Å². The zero-order valence-electron chi connectivity index (χ0n) is 19.0. The average Bonchev–Trinajstić information content (AvgIpc) is 3.64. The van der Waals surface area contributed by atoms with Gasteiger partial charge in [-0.25, -0.2) is 0 Å². The average molecular weight is 509 g/mol. The van der Waals surface area contributed by atoms with Crippen LogP contribution in [0.2, 0.25) is 0 Å². The fourth-order valence-corrected chi connectivity index (χ4v) is 8.38. The molecule has 0 atom stereocenters. The standard InChI is InChI=1S/C28H20N4S3/c1-13-3-5-15(6-4-13)22-7-8-23(34-22)24-12-21-26(32-30)17-10-18-16(11-19(17)28(21)35-24)25(31-29)20-9-14(2)33-27(18)20/h3-12H,29-30H2,1-2H3/b31-25-,32-26-. The smallest absolute Gasteiger partial charge is 0.0993 e. The first-order chi connectivity index (χ1) is 17.1. The first kappa shape index (κ1) is 20.8. The van der Waals surface area contributed by atoms with Crippen LogP contribution in [0.15, 0.2) is 70.9 Å². The zero-order chi connectivity index (χ0) is 23.8. The SMILES string of the molecule is Cc1ccc(-c2ccc(-c3cc4/c(=N\N)c5cc6c(cc5c4s3)/c(=N/N)c3cc(C)sc36)s2)cc1. The number of nitrogens with two attached hydrogens (primary N) is 2. The Labute approximate surface area is 212 Å². The molecule has 3 aromatic heterocycles. The lowest BCUT2D eigenvalue weighted by atomic mass is 10.1. The maximum atomic E-state index is 5.96. The van der Waals surface area contributed by atoms with Gasteiger partial charge in [0.1, 0.15) is 0 Å². The van der Waals surface area contributed by atoms with Crippen LogP contribution >= 0.6 is 34.0 Å². The minimum atomic E-state index is 0.851. The Morgan fingerprint density at radius 1 is 0.543 bits per heavy atom. The number of aryl methyl sites for hydroxylation is 2. The minimum absolute atomic E-state index is 0.851. The van der Waals surface area contributed by atoms with Crippen LogP contribution in [0.25, 0.3) is 61.9 Å². The molecule has 0 amide bonds. The topological polar surface area (TPSA) is 76.8 Å². The van der Waals surface area contributed by atoms with Crippen molar-refractivity contribution in [3.63, 3.8) is 0 Å². The monoisotopic (exact) mass is 508 g/mol. The van der Waals surface area contributed by atoms with Crippen molar-refractivity contribution in [2.75, 3.05) is 0 Å². The van der Waals surface area contributed by atoms with E-state index < -0.39 is 0 Å². The van der Waals surface area contributed by atoms with Gasteiger partial charge in [-0.05, 0) is 55.8 Å². The molecule has 0 saturated heterocycles. The Hall–Kier alpha value is -3.52. The van der Waals surface area contributed by atoms with E-state index >= 15 is 0 Å². The molecule has 0 aliphatic carbocycles. The molecular formula is C28H20N4S3. The third kappa shape index (κ3) is 2.95. The molecule has 0 spiro atoms. The van der Waals surface area contributed by atoms with E-state index in [0.29, 0.717) is 0 Å². The fourth-order valence-electron chi connectivity index (χ4n) is 5.06. The van der Waals surface area contributed by atoms with Gasteiger partial charge in [-0.15, -0.1) is 34.0 Å². The third-order valence-electron chi connectivity index (χ3n) is 6.70. The predicted molar refractivity (Wildman–Crippen MR) is 152 cm³/mol. The van der Waals surface area contributed by atoms with E-state index in [2.05, 4.69) is 84.7 Å². The van der Waals surface area contributed by atoms with E-state index in [1.807, 2.05) is 11.3 Å². The van der Waals surface area contributed by atoms with Gasteiger partial charge in [0.25, 0.3) is 0 Å². The van der Waals surface area contributed by atoms with Gasteiger partial charge >= 0.3 is 0 Å². The summed E-state index contributed by atoms with van der Waals surface area (Å²) in [4.78, 5) is 5.00. The number of hydrogen-bond acceptors (Lipinski definition) is 7. The summed E-state index contributed by atoms with van der Waals surface area (Å²) >= 11 is 5.39. The molecule has 0 radical (unpaired) electrons. The van der Waals surface area contributed by atoms with Gasteiger partial charge in [0.2, 0.25) is 0 Å². The summed E-state index contributed by atoms with van der Waals surface area (Å²) in [7, 11) is 0. The van der Waals surface area contributed by atoms with Gasteiger partial charge in [0.05, 0.1) is 10.7 Å². The van der Waals surface area contributed by atoms with Crippen molar-refractivity contribution < 1.29 is 0 Å². The summed E-state index contributed by atoms with van der Waals surface area (Å²) in [6.07, 6.45) is 0. The van der Waals surface area contributed by atoms with E-state index in [4.69, 9.17) is 11.7 Å². The molecule has 3 heterocycles. The predicted octanol–water partition coefficient (Wildman–Crippen LogP) is 6.86. The van der Waals surface area contributed by atoms with Crippen LogP contribution in [0, 0.1) is 13.8 Å². The molecule has 170 valence electrons. The van der Waals surface area contributed by atoms with Crippen LogP contribution < -0.4 is 22.4 Å². The third-order valence-corrected chi connectivity index (χ3v) is 10.3. The van der Waals surface area contributed by atoms with Gasteiger partial charge in [0, 0.05) is 61.2 Å². The molecule has 0 unspecified atom stereocenters. The molecule has 0 aliphatic rings. The summed E-state index contributed by atoms with van der Waals surface area (Å²) in [5.41, 5.74) is 2.52. The highest BCUT2D eigenvalue weighted by atomic mass is 32.1. The molecule has 7 rings (SSSR count). The summed E-state index contributed by atoms with van der Waals surface area (Å²) < 4.78 is 2.43. The van der Waals surface area contributed by atoms with Crippen molar-refractivity contribution >= 4 is 75.7 Å². The second-order valence-corrected chi connectivity index (χ2v) is 12.3. The van der Waals surface area contributed by atoms with Gasteiger partial charge in [-0.1, -0.05) is 29.8 Å². The maximum absolute atomic E-state index is 5.96. The Balaban J connectivity index is 1.46. The highest BCUT2D eigenvalue weighted by Gasteiger charge is 2.19. The Morgan fingerprint density at radius 3 is 1.80 bits per heavy atom. The molecule has 4 aromatic carbocycles. The van der Waals surface area contributed by atoms with E-state index in [1.165, 1.54) is 45.4 Å². The Kier molecular flexibility index (Phi) is 4.45. The quantitative estimate of drug-likeness (QED) is 0.198. The normalized spacial score (nSPS) is 13.4. The molecule has 7 heteroatoms. The van der Waals surface area contributed by atoms with Crippen molar-refractivity contribution in [3.8, 4) is 20.2 Å². The lowest BCUT2D eigenvalue weighted by Crippen LogP contribution is -2.04. The highest BCUT2D eigenvalue weighted by molar-refractivity contribution is 7.27. The number of hydrogen-bond donors (Lipinski definition) is 2. The zero-order valence-corrected chi connectivity index (χ0v) is 21.5. The molecule has 35 heavy (non-hydrogen) atoms. The summed E-state index contributed by atoms with van der Waals surface area (Å²) in [5.74, 6) is 11.8. The molecule has 0 bridgehead atoms. The molecule has 4 nitrogen and oxygen atoms in total. The summed E-state index contributed by atoms with van der Waals surface area (Å²) in [6, 6.07) is 22.0. The molecule has 7 aromatic rings. The Bertz CT molecular complexity index is 2040. The second kappa shape index (κ2) is 7.49. The summed E-state index contributed by atoms with van der Waals surface area (Å²) in [5, 5.41) is 16.8. The van der Waals surface area contributed by atoms with E-state index in [9.17, 15) is 0 Å². The Morgan fingerprint density at radius 2 is 1.14 bits per heavy atom. The van der Waals surface area contributed by atoms with Crippen molar-refractivity contribution in [1.82, 2.24) is 0 Å². The molecule has 0 aliphatic heterocycles. The van der Waals surface area contributed by atoms with Crippen LogP contribution in [-0.4, -0.2) is 0 Å². The summed E-state index contributed by atoms with van der Waals surface area (Å²) in [6.45, 7) is 4.23. The highest BCUT2D eigenvalue weighted by Crippen LogP contribution is 2.43. The van der Waals surface area contributed by atoms with E-state index in [1.54, 1.807) is 22.7 Å². The number of thiophene rings is 3. The number of rotatable bonds is 2. The molecule has 4 N–H and O–H groups in total. The molecule has 0 saturated carbocycles. The van der Waals surface area contributed by atoms with E-state index in [0.717, 1.165) is 37.6 Å². The largest absolute Gasteiger partial charge is 0.323 e. The second-order valence-electron chi connectivity index (χ2n) is 8.88. The van der Waals surface area contributed by atoms with Crippen LogP contribution in [0.3, 0.4) is 0 Å². The number of nitrogens with zero attached hydrogens (tertiary/aromatic N) is 2. The van der Waals surface area contributed by atoms with Crippen LogP contribution in [0.1, 0.15) is 10.4 Å². The van der Waals surface area contributed by atoms with Crippen molar-refractivity contribution in [2.45, 2.75) is 13.8 Å². The van der Waals surface area contributed by atoms with Crippen LogP contribution in [-0.2, 0) is 0 Å². The van der Waals surface area contributed by atoms with Crippen molar-refractivity contribution in [2.24, 2.45) is 21.9 Å². The van der Waals surface area contributed by atoms with Gasteiger partial charge in [-0.2, -0.15) is 10.2 Å².